The van der Waals surface area contributed by atoms with E-state index in [4.69, 9.17) is 0 Å². The predicted octanol–water partition coefficient (Wildman–Crippen LogP) is 1.34. The van der Waals surface area contributed by atoms with Gasteiger partial charge in [-0.1, -0.05) is 0 Å². The molecule has 0 radical (unpaired) electrons. The Bertz CT molecular complexity index is 665. The van der Waals surface area contributed by atoms with E-state index in [1.165, 1.54) is 0 Å². The number of anilines is 1. The van der Waals surface area contributed by atoms with Crippen molar-refractivity contribution in [3.63, 3.8) is 0 Å². The zero-order valence-electron chi connectivity index (χ0n) is 12.4. The van der Waals surface area contributed by atoms with Gasteiger partial charge in [0.1, 0.15) is 6.04 Å². The number of carbonyl (C=O) groups is 2. The van der Waals surface area contributed by atoms with Gasteiger partial charge in [0.15, 0.2) is 0 Å². The fourth-order valence-corrected chi connectivity index (χ4v) is 3.28. The van der Waals surface area contributed by atoms with Crippen LogP contribution in [-0.4, -0.2) is 34.2 Å². The molecule has 116 valence electrons. The fraction of sp³-hybridized carbons (Fsp3) is 0.400. The molecule has 0 aromatic carbocycles. The summed E-state index contributed by atoms with van der Waals surface area (Å²) < 4.78 is 1.66. The number of hydrogen-bond acceptors (Lipinski definition) is 4. The van der Waals surface area contributed by atoms with Gasteiger partial charge in [0.25, 0.3) is 0 Å². The largest absolute Gasteiger partial charge is 0.344 e. The summed E-state index contributed by atoms with van der Waals surface area (Å²) in [6.45, 7) is 0.611. The average Bonchev–Trinajstić information content (AvgIpc) is 3.20. The van der Waals surface area contributed by atoms with Crippen molar-refractivity contribution in [3.05, 3.63) is 34.8 Å². The van der Waals surface area contributed by atoms with E-state index in [-0.39, 0.29) is 11.8 Å². The minimum Gasteiger partial charge on any atom is -0.344 e. The van der Waals surface area contributed by atoms with Crippen molar-refractivity contribution in [2.45, 2.75) is 25.3 Å². The van der Waals surface area contributed by atoms with Crippen LogP contribution in [0.3, 0.4) is 0 Å². The van der Waals surface area contributed by atoms with Crippen LogP contribution >= 0.6 is 11.3 Å². The lowest BCUT2D eigenvalue weighted by atomic mass is 10.1. The molecule has 0 bridgehead atoms. The molecule has 1 fully saturated rings. The molecule has 2 aromatic rings. The molecule has 0 unspecified atom stereocenters. The number of hydrogen-bond donors (Lipinski definition) is 1. The van der Waals surface area contributed by atoms with Crippen molar-refractivity contribution in [2.24, 2.45) is 7.05 Å². The Hall–Kier alpha value is -2.15. The normalized spacial score (nSPS) is 18.0. The molecular weight excluding hydrogens is 300 g/mol. The average molecular weight is 318 g/mol. The maximum atomic E-state index is 12.4. The number of amides is 2. The topological polar surface area (TPSA) is 67.2 Å². The van der Waals surface area contributed by atoms with Crippen LogP contribution < -0.4 is 10.2 Å². The summed E-state index contributed by atoms with van der Waals surface area (Å²) in [5.41, 5.74) is 1.94. The molecule has 6 nitrogen and oxygen atoms in total. The van der Waals surface area contributed by atoms with E-state index in [1.807, 2.05) is 23.9 Å². The Morgan fingerprint density at radius 2 is 2.41 bits per heavy atom. The van der Waals surface area contributed by atoms with Crippen LogP contribution in [0, 0.1) is 0 Å². The summed E-state index contributed by atoms with van der Waals surface area (Å²) in [5, 5.41) is 11.0. The molecule has 1 N–H and O–H groups in total. The minimum atomic E-state index is -0.421. The summed E-state index contributed by atoms with van der Waals surface area (Å²) in [4.78, 5) is 26.0. The number of rotatable bonds is 5. The molecular formula is C15H18N4O2S. The monoisotopic (exact) mass is 318 g/mol. The summed E-state index contributed by atoms with van der Waals surface area (Å²) >= 11 is 1.62. The summed E-state index contributed by atoms with van der Waals surface area (Å²) in [7, 11) is 1.81. The van der Waals surface area contributed by atoms with Gasteiger partial charge in [0.05, 0.1) is 11.9 Å². The zero-order chi connectivity index (χ0) is 15.5. The highest BCUT2D eigenvalue weighted by Gasteiger charge is 2.33. The highest BCUT2D eigenvalue weighted by atomic mass is 32.1. The Balaban J connectivity index is 1.53. The number of nitrogens with one attached hydrogen (secondary N) is 1. The zero-order valence-corrected chi connectivity index (χ0v) is 13.2. The highest BCUT2D eigenvalue weighted by Crippen LogP contribution is 2.20. The lowest BCUT2D eigenvalue weighted by molar-refractivity contribution is -0.126. The van der Waals surface area contributed by atoms with Crippen LogP contribution in [0.5, 0.6) is 0 Å². The van der Waals surface area contributed by atoms with Gasteiger partial charge in [-0.25, -0.2) is 0 Å². The summed E-state index contributed by atoms with van der Waals surface area (Å²) in [5.74, 6) is -0.130. The number of aromatic nitrogens is 2. The molecule has 0 aliphatic carbocycles. The van der Waals surface area contributed by atoms with E-state index in [0.717, 1.165) is 11.3 Å². The quantitative estimate of drug-likeness (QED) is 0.904. The second-order valence-corrected chi connectivity index (χ2v) is 6.18. The van der Waals surface area contributed by atoms with Crippen LogP contribution in [0.15, 0.2) is 29.2 Å². The number of nitrogens with zero attached hydrogens (tertiary/aromatic N) is 3. The summed E-state index contributed by atoms with van der Waals surface area (Å²) in [6.07, 6.45) is 5.23. The van der Waals surface area contributed by atoms with Gasteiger partial charge in [0, 0.05) is 26.2 Å². The Morgan fingerprint density at radius 1 is 1.55 bits per heavy atom. The van der Waals surface area contributed by atoms with E-state index < -0.39 is 6.04 Å². The third kappa shape index (κ3) is 3.19. The Kier molecular flexibility index (Phi) is 4.24. The van der Waals surface area contributed by atoms with Crippen molar-refractivity contribution in [1.29, 1.82) is 0 Å². The van der Waals surface area contributed by atoms with Crippen molar-refractivity contribution in [1.82, 2.24) is 15.1 Å². The second kappa shape index (κ2) is 6.31. The third-order valence-electron chi connectivity index (χ3n) is 3.76. The Morgan fingerprint density at radius 3 is 3.09 bits per heavy atom. The third-order valence-corrected chi connectivity index (χ3v) is 4.50. The van der Waals surface area contributed by atoms with E-state index in [1.54, 1.807) is 33.3 Å². The van der Waals surface area contributed by atoms with Crippen LogP contribution in [-0.2, 0) is 23.1 Å². The van der Waals surface area contributed by atoms with Gasteiger partial charge in [-0.2, -0.15) is 16.4 Å². The van der Waals surface area contributed by atoms with Crippen LogP contribution in [0.2, 0.25) is 0 Å². The summed E-state index contributed by atoms with van der Waals surface area (Å²) in [6, 6.07) is 1.60. The molecule has 22 heavy (non-hydrogen) atoms. The number of thiophene rings is 1. The number of carbonyl (C=O) groups excluding carboxylic acids is 2. The van der Waals surface area contributed by atoms with Crippen LogP contribution in [0.1, 0.15) is 18.4 Å². The van der Waals surface area contributed by atoms with Crippen molar-refractivity contribution in [2.75, 3.05) is 11.4 Å². The smallest absolute Gasteiger partial charge is 0.249 e. The molecule has 1 saturated heterocycles. The maximum absolute atomic E-state index is 12.4. The predicted molar refractivity (Wildman–Crippen MR) is 84.7 cm³/mol. The SMILES string of the molecule is Cn1cc(N2CC[C@@H](NC(=O)CCc3ccsc3)C2=O)cn1. The van der Waals surface area contributed by atoms with Gasteiger partial charge in [0.2, 0.25) is 11.8 Å². The van der Waals surface area contributed by atoms with Gasteiger partial charge in [-0.3, -0.25) is 14.3 Å². The van der Waals surface area contributed by atoms with E-state index in [9.17, 15) is 9.59 Å². The van der Waals surface area contributed by atoms with Gasteiger partial charge < -0.3 is 10.2 Å². The molecule has 0 saturated carbocycles. The molecule has 3 heterocycles. The van der Waals surface area contributed by atoms with Gasteiger partial charge >= 0.3 is 0 Å². The van der Waals surface area contributed by atoms with Gasteiger partial charge in [-0.05, 0) is 35.2 Å². The van der Waals surface area contributed by atoms with Crippen LogP contribution in [0.25, 0.3) is 0 Å². The molecule has 1 aliphatic rings. The van der Waals surface area contributed by atoms with Crippen molar-refractivity contribution in [3.8, 4) is 0 Å². The van der Waals surface area contributed by atoms with Gasteiger partial charge in [-0.15, -0.1) is 0 Å². The molecule has 0 spiro atoms. The Labute approximate surface area is 132 Å². The van der Waals surface area contributed by atoms with E-state index in [0.29, 0.717) is 25.8 Å². The molecule has 1 aliphatic heterocycles. The van der Waals surface area contributed by atoms with Crippen molar-refractivity contribution >= 4 is 28.8 Å². The highest BCUT2D eigenvalue weighted by molar-refractivity contribution is 7.07. The first-order valence-corrected chi connectivity index (χ1v) is 8.18. The second-order valence-electron chi connectivity index (χ2n) is 5.40. The van der Waals surface area contributed by atoms with Crippen molar-refractivity contribution < 1.29 is 9.59 Å². The maximum Gasteiger partial charge on any atom is 0.249 e. The minimum absolute atomic E-state index is 0.0584. The molecule has 7 heteroatoms. The first kappa shape index (κ1) is 14.8. The van der Waals surface area contributed by atoms with E-state index >= 15 is 0 Å². The van der Waals surface area contributed by atoms with E-state index in [2.05, 4.69) is 10.4 Å². The molecule has 1 atom stereocenters. The molecule has 2 aromatic heterocycles. The number of aryl methyl sites for hydroxylation is 2. The first-order valence-electron chi connectivity index (χ1n) is 7.24. The fourth-order valence-electron chi connectivity index (χ4n) is 2.58. The first-order chi connectivity index (χ1) is 10.6. The lowest BCUT2D eigenvalue weighted by Crippen LogP contribution is -2.41. The molecule has 3 rings (SSSR count). The molecule has 2 amide bonds. The standard InChI is InChI=1S/C15H18N4O2S/c1-18-9-12(8-16-18)19-6-4-13(15(19)21)17-14(20)3-2-11-5-7-22-10-11/h5,7-10,13H,2-4,6H2,1H3,(H,17,20)/t13-/m1/s1. The lowest BCUT2D eigenvalue weighted by Gasteiger charge is -2.15. The van der Waals surface area contributed by atoms with Crippen LogP contribution in [0.4, 0.5) is 5.69 Å².